The van der Waals surface area contributed by atoms with E-state index in [4.69, 9.17) is 4.74 Å². The molecule has 2 aliphatic carbocycles. The molecule has 4 fully saturated rings. The summed E-state index contributed by atoms with van der Waals surface area (Å²) in [6, 6.07) is 5.89. The lowest BCUT2D eigenvalue weighted by molar-refractivity contribution is -0.205. The van der Waals surface area contributed by atoms with Gasteiger partial charge in [-0.25, -0.2) is 18.6 Å². The number of hydrogen-bond acceptors (Lipinski definition) is 6. The second kappa shape index (κ2) is 12.3. The summed E-state index contributed by atoms with van der Waals surface area (Å²) in [6.07, 6.45) is -9.33. The van der Waals surface area contributed by atoms with Crippen LogP contribution < -0.4 is 4.90 Å². The molecule has 270 valence electrons. The zero-order valence-corrected chi connectivity index (χ0v) is 27.4. The monoisotopic (exact) mass is 731 g/mol. The van der Waals surface area contributed by atoms with Gasteiger partial charge in [0.2, 0.25) is 5.91 Å². The van der Waals surface area contributed by atoms with Gasteiger partial charge in [-0.1, -0.05) is 18.2 Å². The minimum Gasteiger partial charge on any atom is -0.478 e. The number of carbonyl (C=O) groups is 2. The Labute approximate surface area is 285 Å². The van der Waals surface area contributed by atoms with Gasteiger partial charge in [-0.3, -0.25) is 4.79 Å². The molecule has 2 saturated heterocycles. The Morgan fingerprint density at radius 1 is 1.02 bits per heavy atom. The van der Waals surface area contributed by atoms with E-state index in [1.807, 2.05) is 0 Å². The number of ether oxygens (including phenoxy) is 1. The molecule has 0 radical (unpaired) electrons. The molecule has 2 saturated carbocycles. The van der Waals surface area contributed by atoms with Crippen LogP contribution in [-0.2, 0) is 16.1 Å². The van der Waals surface area contributed by atoms with E-state index in [0.717, 1.165) is 17.4 Å². The van der Waals surface area contributed by atoms with Crippen LogP contribution in [0, 0.1) is 34.3 Å². The number of fused-ring (bicyclic) bond motifs is 1. The molecule has 2 aliphatic heterocycles. The maximum atomic E-state index is 14.7. The number of alkyl halides is 6. The molecule has 2 aromatic carbocycles. The first-order valence-electron chi connectivity index (χ1n) is 16.4. The number of rotatable bonds is 8. The molecule has 4 aliphatic rings. The fraction of sp³-hybridized carbons (Fsp3) is 0.559. The van der Waals surface area contributed by atoms with Gasteiger partial charge >= 0.3 is 18.3 Å². The molecule has 7 nitrogen and oxygen atoms in total. The molecule has 0 bridgehead atoms. The molecular formula is C34H33F8N3O4S. The smallest absolute Gasteiger partial charge is 0.403 e. The first-order valence-corrected chi connectivity index (χ1v) is 17.2. The molecule has 1 N–H and O–H groups in total. The summed E-state index contributed by atoms with van der Waals surface area (Å²) >= 11 is 1.11. The van der Waals surface area contributed by atoms with Crippen molar-refractivity contribution in [3.8, 4) is 0 Å². The molecule has 1 amide bonds. The third-order valence-electron chi connectivity index (χ3n) is 11.2. The Morgan fingerprint density at radius 2 is 1.72 bits per heavy atom. The fourth-order valence-electron chi connectivity index (χ4n) is 8.27. The summed E-state index contributed by atoms with van der Waals surface area (Å²) in [5.41, 5.74) is -0.763. The van der Waals surface area contributed by atoms with E-state index in [2.05, 4.69) is 4.98 Å². The molecule has 50 heavy (non-hydrogen) atoms. The summed E-state index contributed by atoms with van der Waals surface area (Å²) in [7, 11) is 0. The van der Waals surface area contributed by atoms with Crippen molar-refractivity contribution < 1.29 is 54.6 Å². The lowest BCUT2D eigenvalue weighted by Gasteiger charge is -2.52. The van der Waals surface area contributed by atoms with Gasteiger partial charge in [0.25, 0.3) is 0 Å². The third kappa shape index (κ3) is 5.89. The number of aromatic carboxylic acids is 1. The number of halogens is 8. The van der Waals surface area contributed by atoms with Gasteiger partial charge in [0.1, 0.15) is 10.9 Å². The van der Waals surface area contributed by atoms with Crippen LogP contribution >= 0.6 is 11.3 Å². The van der Waals surface area contributed by atoms with Crippen molar-refractivity contribution in [3.05, 3.63) is 58.1 Å². The van der Waals surface area contributed by atoms with Crippen molar-refractivity contribution in [2.75, 3.05) is 37.7 Å². The molecule has 3 heterocycles. The molecule has 0 unspecified atom stereocenters. The summed E-state index contributed by atoms with van der Waals surface area (Å²) in [5, 5.41) is 10.2. The zero-order chi connectivity index (χ0) is 35.8. The van der Waals surface area contributed by atoms with Crippen molar-refractivity contribution in [2.45, 2.75) is 63.4 Å². The average molecular weight is 732 g/mol. The van der Waals surface area contributed by atoms with Crippen LogP contribution in [0.2, 0.25) is 0 Å². The molecule has 1 spiro atoms. The highest BCUT2D eigenvalue weighted by atomic mass is 32.1. The summed E-state index contributed by atoms with van der Waals surface area (Å²) in [5.74, 6) is -6.58. The lowest BCUT2D eigenvalue weighted by Crippen LogP contribution is -2.65. The molecule has 1 atom stereocenters. The van der Waals surface area contributed by atoms with Crippen LogP contribution in [0.1, 0.15) is 65.9 Å². The van der Waals surface area contributed by atoms with Crippen LogP contribution in [0.25, 0.3) is 10.2 Å². The highest BCUT2D eigenvalue weighted by Crippen LogP contribution is 2.60. The van der Waals surface area contributed by atoms with Crippen molar-refractivity contribution in [3.63, 3.8) is 0 Å². The number of carbonyl (C=O) groups excluding carboxylic acids is 1. The van der Waals surface area contributed by atoms with E-state index in [9.17, 15) is 49.8 Å². The van der Waals surface area contributed by atoms with E-state index in [1.54, 1.807) is 23.1 Å². The normalized spacial score (nSPS) is 24.5. The topological polar surface area (TPSA) is 83.0 Å². The van der Waals surface area contributed by atoms with E-state index < -0.39 is 58.5 Å². The van der Waals surface area contributed by atoms with Crippen LogP contribution in [-0.4, -0.2) is 72.0 Å². The number of thiazole rings is 1. The van der Waals surface area contributed by atoms with Gasteiger partial charge in [0.05, 0.1) is 40.6 Å². The van der Waals surface area contributed by atoms with Crippen molar-refractivity contribution in [1.29, 1.82) is 0 Å². The van der Waals surface area contributed by atoms with Gasteiger partial charge in [0.15, 0.2) is 11.6 Å². The SMILES string of the molecule is O=C(O)c1c(COC[C@@H]2CN(c3cc(F)c(F)c4ncsc34)CC23CN(C(=O)C2(C(F)(F)F)CC2)C3)cccc1C1CCC(C(F)(F)F)CC1. The van der Waals surface area contributed by atoms with Gasteiger partial charge in [0, 0.05) is 43.6 Å². The quantitative estimate of drug-likeness (QED) is 0.237. The minimum atomic E-state index is -4.67. The highest BCUT2D eigenvalue weighted by molar-refractivity contribution is 7.17. The van der Waals surface area contributed by atoms with Crippen LogP contribution in [0.15, 0.2) is 29.8 Å². The predicted octanol–water partition coefficient (Wildman–Crippen LogP) is 7.93. The number of nitrogens with zero attached hydrogens (tertiary/aromatic N) is 3. The number of hydrogen-bond donors (Lipinski definition) is 1. The second-order valence-corrected chi connectivity index (χ2v) is 15.0. The molecule has 1 aromatic heterocycles. The maximum absolute atomic E-state index is 14.7. The Kier molecular flexibility index (Phi) is 8.59. The first-order chi connectivity index (χ1) is 23.5. The number of anilines is 1. The number of carboxylic acid groups (broad SMARTS) is 1. The Balaban J connectivity index is 1.10. The zero-order valence-electron chi connectivity index (χ0n) is 26.5. The Bertz CT molecular complexity index is 1810. The van der Waals surface area contributed by atoms with Crippen LogP contribution in [0.4, 0.5) is 40.8 Å². The van der Waals surface area contributed by atoms with Gasteiger partial charge in [-0.2, -0.15) is 26.3 Å². The minimum absolute atomic E-state index is 0.000160. The van der Waals surface area contributed by atoms with Crippen molar-refractivity contribution in [2.24, 2.45) is 22.7 Å². The first kappa shape index (κ1) is 34.9. The standard InChI is InChI=1S/C34H33F8N3O4S/c35-23-10-24(28-27(26(23)36)43-17-50-28)44-11-21(31(14-44)15-45(16-31)30(48)32(8-9-32)34(40,41)42)13-49-12-19-2-1-3-22(25(19)29(46)47)18-4-6-20(7-5-18)33(37,38)39/h1-3,10,17-18,20-21H,4-9,11-16H2,(H,46,47)/t18?,20?,21-/m0/s1. The van der Waals surface area contributed by atoms with Gasteiger partial charge < -0.3 is 19.6 Å². The average Bonchev–Trinajstić information content (AvgIpc) is 3.58. The van der Waals surface area contributed by atoms with Crippen LogP contribution in [0.5, 0.6) is 0 Å². The number of benzene rings is 2. The van der Waals surface area contributed by atoms with E-state index in [0.29, 0.717) is 21.5 Å². The Hall–Kier alpha value is -3.53. The number of aromatic nitrogens is 1. The molecule has 3 aromatic rings. The lowest BCUT2D eigenvalue weighted by atomic mass is 9.71. The predicted molar refractivity (Wildman–Crippen MR) is 166 cm³/mol. The summed E-state index contributed by atoms with van der Waals surface area (Å²) < 4.78 is 117. The Morgan fingerprint density at radius 3 is 2.34 bits per heavy atom. The largest absolute Gasteiger partial charge is 0.478 e. The highest BCUT2D eigenvalue weighted by Gasteiger charge is 2.71. The summed E-state index contributed by atoms with van der Waals surface area (Å²) in [6.45, 7) is 0.306. The fourth-order valence-corrected chi connectivity index (χ4v) is 9.10. The second-order valence-electron chi connectivity index (χ2n) is 14.2. The summed E-state index contributed by atoms with van der Waals surface area (Å²) in [4.78, 5) is 32.5. The number of likely N-dealkylation sites (tertiary alicyclic amines) is 1. The molecule has 7 rings (SSSR count). The van der Waals surface area contributed by atoms with E-state index >= 15 is 0 Å². The number of carboxylic acids is 1. The van der Waals surface area contributed by atoms with Crippen molar-refractivity contribution in [1.82, 2.24) is 9.88 Å². The van der Waals surface area contributed by atoms with E-state index in [1.165, 1.54) is 10.4 Å². The van der Waals surface area contributed by atoms with Gasteiger partial charge in [-0.15, -0.1) is 11.3 Å². The van der Waals surface area contributed by atoms with Crippen LogP contribution in [0.3, 0.4) is 0 Å². The van der Waals surface area contributed by atoms with E-state index in [-0.39, 0.29) is 94.9 Å². The third-order valence-corrected chi connectivity index (χ3v) is 12.1. The molecule has 16 heteroatoms. The van der Waals surface area contributed by atoms with Gasteiger partial charge in [-0.05, 0) is 55.6 Å². The van der Waals surface area contributed by atoms with Crippen molar-refractivity contribution >= 4 is 39.1 Å². The maximum Gasteiger partial charge on any atom is 0.403 e. The number of amides is 1. The molecular weight excluding hydrogens is 698 g/mol.